The lowest BCUT2D eigenvalue weighted by molar-refractivity contribution is 0.583. The number of H-pyrrole nitrogens is 1. The summed E-state index contributed by atoms with van der Waals surface area (Å²) < 4.78 is 0. The number of hydrogen-bond donors (Lipinski definition) is 3. The summed E-state index contributed by atoms with van der Waals surface area (Å²) in [5.41, 5.74) is 5.93. The van der Waals surface area contributed by atoms with Crippen molar-refractivity contribution in [2.24, 2.45) is 10.7 Å². The second-order valence-corrected chi connectivity index (χ2v) is 4.53. The molecule has 94 valence electrons. The van der Waals surface area contributed by atoms with Crippen LogP contribution in [0.4, 0.5) is 0 Å². The van der Waals surface area contributed by atoms with Gasteiger partial charge >= 0.3 is 0 Å². The molecule has 1 aliphatic rings. The van der Waals surface area contributed by atoms with Crippen molar-refractivity contribution in [3.63, 3.8) is 0 Å². The molecule has 0 spiro atoms. The van der Waals surface area contributed by atoms with Crippen LogP contribution >= 0.6 is 0 Å². The number of nitrogens with two attached hydrogens (primary N) is 1. The molecule has 1 atom stereocenters. The van der Waals surface area contributed by atoms with Crippen LogP contribution in [0, 0.1) is 0 Å². The first-order valence-corrected chi connectivity index (χ1v) is 6.38. The van der Waals surface area contributed by atoms with E-state index in [1.165, 1.54) is 25.7 Å². The van der Waals surface area contributed by atoms with Crippen molar-refractivity contribution in [1.29, 1.82) is 0 Å². The van der Waals surface area contributed by atoms with Crippen molar-refractivity contribution in [2.45, 2.75) is 51.1 Å². The number of aromatic nitrogens is 2. The van der Waals surface area contributed by atoms with Crippen LogP contribution in [0.25, 0.3) is 0 Å². The fraction of sp³-hybridized carbons (Fsp3) is 0.667. The van der Waals surface area contributed by atoms with Gasteiger partial charge in [0.1, 0.15) is 5.82 Å². The minimum absolute atomic E-state index is 0.121. The lowest BCUT2D eigenvalue weighted by atomic mass is 10.2. The zero-order valence-corrected chi connectivity index (χ0v) is 10.3. The second-order valence-electron chi connectivity index (χ2n) is 4.53. The van der Waals surface area contributed by atoms with Crippen LogP contribution in [0.1, 0.15) is 50.9 Å². The van der Waals surface area contributed by atoms with E-state index in [9.17, 15) is 0 Å². The molecule has 0 aliphatic heterocycles. The molecule has 1 unspecified atom stereocenters. The van der Waals surface area contributed by atoms with Gasteiger partial charge in [-0.05, 0) is 19.3 Å². The fourth-order valence-electron chi connectivity index (χ4n) is 2.28. The first-order chi connectivity index (χ1) is 8.29. The number of rotatable bonds is 4. The van der Waals surface area contributed by atoms with Gasteiger partial charge in [-0.3, -0.25) is 4.99 Å². The molecule has 1 aliphatic carbocycles. The highest BCUT2D eigenvalue weighted by atomic mass is 15.1. The maximum absolute atomic E-state index is 5.93. The zero-order valence-electron chi connectivity index (χ0n) is 10.3. The third-order valence-corrected chi connectivity index (χ3v) is 3.23. The molecule has 1 aromatic heterocycles. The lowest BCUT2D eigenvalue weighted by Crippen LogP contribution is -2.36. The van der Waals surface area contributed by atoms with Crippen LogP contribution in [0.15, 0.2) is 17.4 Å². The number of nitrogens with zero attached hydrogens (tertiary/aromatic N) is 2. The van der Waals surface area contributed by atoms with Crippen molar-refractivity contribution in [2.75, 3.05) is 0 Å². The van der Waals surface area contributed by atoms with E-state index in [4.69, 9.17) is 5.73 Å². The molecule has 5 heteroatoms. The van der Waals surface area contributed by atoms with Gasteiger partial charge < -0.3 is 16.0 Å². The summed E-state index contributed by atoms with van der Waals surface area (Å²) in [6, 6.07) is 0.534. The molecule has 1 fully saturated rings. The number of hydrogen-bond acceptors (Lipinski definition) is 2. The van der Waals surface area contributed by atoms with Gasteiger partial charge in [-0.1, -0.05) is 19.8 Å². The number of aliphatic imine (C=N–C) groups is 1. The number of imidazole rings is 1. The van der Waals surface area contributed by atoms with Gasteiger partial charge in [0.2, 0.25) is 0 Å². The van der Waals surface area contributed by atoms with E-state index in [-0.39, 0.29) is 6.04 Å². The number of aromatic amines is 1. The lowest BCUT2D eigenvalue weighted by Gasteiger charge is -2.16. The predicted octanol–water partition coefficient (Wildman–Crippen LogP) is 1.71. The number of guanidine groups is 1. The summed E-state index contributed by atoms with van der Waals surface area (Å²) in [5.74, 6) is 1.46. The fourth-order valence-corrected chi connectivity index (χ4v) is 2.28. The highest BCUT2D eigenvalue weighted by Crippen LogP contribution is 2.20. The van der Waals surface area contributed by atoms with Crippen LogP contribution in [-0.4, -0.2) is 22.0 Å². The molecule has 4 N–H and O–H groups in total. The van der Waals surface area contributed by atoms with Crippen molar-refractivity contribution in [3.05, 3.63) is 18.2 Å². The Morgan fingerprint density at radius 1 is 1.65 bits per heavy atom. The normalized spacial score (nSPS) is 19.5. The Morgan fingerprint density at radius 3 is 3.00 bits per heavy atom. The minimum atomic E-state index is 0.121. The van der Waals surface area contributed by atoms with Crippen molar-refractivity contribution >= 4 is 5.96 Å². The van der Waals surface area contributed by atoms with Crippen LogP contribution < -0.4 is 11.1 Å². The molecular formula is C12H21N5. The molecular weight excluding hydrogens is 214 g/mol. The van der Waals surface area contributed by atoms with E-state index in [1.807, 2.05) is 6.20 Å². The number of nitrogens with one attached hydrogen (secondary N) is 2. The highest BCUT2D eigenvalue weighted by molar-refractivity contribution is 5.78. The average molecular weight is 235 g/mol. The first kappa shape index (κ1) is 12.0. The van der Waals surface area contributed by atoms with E-state index in [2.05, 4.69) is 27.2 Å². The van der Waals surface area contributed by atoms with E-state index in [1.54, 1.807) is 6.20 Å². The van der Waals surface area contributed by atoms with Gasteiger partial charge in [0.15, 0.2) is 5.96 Å². The van der Waals surface area contributed by atoms with Crippen LogP contribution in [0.5, 0.6) is 0 Å². The van der Waals surface area contributed by atoms with Crippen molar-refractivity contribution in [3.8, 4) is 0 Å². The van der Waals surface area contributed by atoms with Crippen LogP contribution in [-0.2, 0) is 0 Å². The van der Waals surface area contributed by atoms with E-state index >= 15 is 0 Å². The molecule has 1 aromatic rings. The summed E-state index contributed by atoms with van der Waals surface area (Å²) in [5, 5.41) is 3.23. The summed E-state index contributed by atoms with van der Waals surface area (Å²) in [4.78, 5) is 11.9. The Balaban J connectivity index is 1.93. The third kappa shape index (κ3) is 3.22. The van der Waals surface area contributed by atoms with Gasteiger partial charge in [-0.15, -0.1) is 0 Å². The molecule has 5 nitrogen and oxygen atoms in total. The molecule has 17 heavy (non-hydrogen) atoms. The summed E-state index contributed by atoms with van der Waals surface area (Å²) in [6.07, 6.45) is 9.38. The van der Waals surface area contributed by atoms with E-state index in [0.29, 0.717) is 12.0 Å². The smallest absolute Gasteiger partial charge is 0.189 e. The van der Waals surface area contributed by atoms with Gasteiger partial charge in [0.05, 0.1) is 12.1 Å². The summed E-state index contributed by atoms with van der Waals surface area (Å²) in [7, 11) is 0. The minimum Gasteiger partial charge on any atom is -0.370 e. The average Bonchev–Trinajstić information content (AvgIpc) is 2.97. The molecule has 1 heterocycles. The van der Waals surface area contributed by atoms with Gasteiger partial charge in [-0.2, -0.15) is 0 Å². The van der Waals surface area contributed by atoms with Gasteiger partial charge in [0, 0.05) is 12.4 Å². The molecule has 0 bridgehead atoms. The second kappa shape index (κ2) is 5.70. The maximum Gasteiger partial charge on any atom is 0.189 e. The molecule has 0 amide bonds. The Kier molecular flexibility index (Phi) is 4.01. The molecule has 0 saturated heterocycles. The van der Waals surface area contributed by atoms with Crippen LogP contribution in [0.2, 0.25) is 0 Å². The Bertz CT molecular complexity index is 351. The zero-order chi connectivity index (χ0) is 12.1. The SMILES string of the molecule is CCC(NC(N)=NC1CCCC1)c1ncc[nH]1. The summed E-state index contributed by atoms with van der Waals surface area (Å²) >= 11 is 0. The Hall–Kier alpha value is -1.52. The van der Waals surface area contributed by atoms with E-state index < -0.39 is 0 Å². The molecule has 1 saturated carbocycles. The van der Waals surface area contributed by atoms with Crippen molar-refractivity contribution < 1.29 is 0 Å². The van der Waals surface area contributed by atoms with Crippen molar-refractivity contribution in [1.82, 2.24) is 15.3 Å². The maximum atomic E-state index is 5.93. The third-order valence-electron chi connectivity index (χ3n) is 3.23. The molecule has 0 aromatic carbocycles. The topological polar surface area (TPSA) is 79.1 Å². The Labute approximate surface area is 102 Å². The first-order valence-electron chi connectivity index (χ1n) is 6.38. The quantitative estimate of drug-likeness (QED) is 0.549. The van der Waals surface area contributed by atoms with Gasteiger partial charge in [0.25, 0.3) is 0 Å². The monoisotopic (exact) mass is 235 g/mol. The molecule has 0 radical (unpaired) electrons. The molecule has 2 rings (SSSR count). The Morgan fingerprint density at radius 2 is 2.41 bits per heavy atom. The largest absolute Gasteiger partial charge is 0.370 e. The predicted molar refractivity (Wildman–Crippen MR) is 68.6 cm³/mol. The van der Waals surface area contributed by atoms with Gasteiger partial charge in [-0.25, -0.2) is 4.98 Å². The standard InChI is InChI=1S/C12H21N5/c1-2-10(11-14-7-8-15-11)17-12(13)16-9-5-3-4-6-9/h7-10H,2-6H2,1H3,(H,14,15)(H3,13,16,17). The van der Waals surface area contributed by atoms with E-state index in [0.717, 1.165) is 12.2 Å². The highest BCUT2D eigenvalue weighted by Gasteiger charge is 2.16. The van der Waals surface area contributed by atoms with Crippen LogP contribution in [0.3, 0.4) is 0 Å². The summed E-state index contributed by atoms with van der Waals surface area (Å²) in [6.45, 7) is 2.10.